The molecule has 120 valence electrons. The molecule has 0 aliphatic heterocycles. The smallest absolute Gasteiger partial charge is 0.424 e. The van der Waals surface area contributed by atoms with Crippen LogP contribution in [0, 0.1) is 10.1 Å². The van der Waals surface area contributed by atoms with Gasteiger partial charge in [0.2, 0.25) is 0 Å². The summed E-state index contributed by atoms with van der Waals surface area (Å²) < 4.78 is 10.2. The second-order valence-electron chi connectivity index (χ2n) is 4.92. The molecule has 0 N–H and O–H groups in total. The normalized spacial score (nSPS) is 11.0. The number of para-hydroxylation sites is 1. The highest BCUT2D eigenvalue weighted by molar-refractivity contribution is 5.88. The molecule has 0 fully saturated rings. The first-order valence-corrected chi connectivity index (χ1v) is 7.03. The van der Waals surface area contributed by atoms with E-state index in [2.05, 4.69) is 4.98 Å². The van der Waals surface area contributed by atoms with Gasteiger partial charge in [-0.1, -0.05) is 18.2 Å². The Morgan fingerprint density at radius 3 is 2.75 bits per heavy atom. The van der Waals surface area contributed by atoms with Crippen LogP contribution in [-0.4, -0.2) is 15.9 Å². The zero-order chi connectivity index (χ0) is 17.1. The Balaban J connectivity index is 1.93. The molecule has 0 unspecified atom stereocenters. The molecule has 3 aromatic rings. The van der Waals surface area contributed by atoms with E-state index < -0.39 is 10.9 Å². The fourth-order valence-electron chi connectivity index (χ4n) is 2.16. The Kier molecular flexibility index (Phi) is 4.07. The number of hydrogen-bond donors (Lipinski definition) is 0. The number of furan rings is 1. The van der Waals surface area contributed by atoms with Crippen molar-refractivity contribution in [3.8, 4) is 5.75 Å². The van der Waals surface area contributed by atoms with E-state index >= 15 is 0 Å². The van der Waals surface area contributed by atoms with Crippen molar-refractivity contribution in [3.05, 3.63) is 64.0 Å². The van der Waals surface area contributed by atoms with Gasteiger partial charge >= 0.3 is 11.9 Å². The zero-order valence-electron chi connectivity index (χ0n) is 12.6. The minimum Gasteiger partial charge on any atom is -0.424 e. The first-order chi connectivity index (χ1) is 11.5. The molecular weight excluding hydrogens is 312 g/mol. The minimum atomic E-state index is -0.600. The number of aromatic nitrogens is 1. The topological polar surface area (TPSA) is 95.5 Å². The third-order valence-corrected chi connectivity index (χ3v) is 3.17. The lowest BCUT2D eigenvalue weighted by atomic mass is 10.2. The van der Waals surface area contributed by atoms with E-state index in [1.54, 1.807) is 30.4 Å². The summed E-state index contributed by atoms with van der Waals surface area (Å²) in [6.07, 6.45) is 3.24. The van der Waals surface area contributed by atoms with Crippen molar-refractivity contribution in [3.63, 3.8) is 0 Å². The number of nitrogens with zero attached hydrogens (tertiary/aromatic N) is 2. The van der Waals surface area contributed by atoms with Gasteiger partial charge in [-0.05, 0) is 30.4 Å². The maximum atomic E-state index is 11.2. The number of esters is 1. The summed E-state index contributed by atoms with van der Waals surface area (Å²) in [7, 11) is 0. The lowest BCUT2D eigenvalue weighted by Crippen LogP contribution is -2.02. The third-order valence-electron chi connectivity index (χ3n) is 3.17. The average Bonchev–Trinajstić information content (AvgIpc) is 3.02. The first-order valence-electron chi connectivity index (χ1n) is 7.03. The summed E-state index contributed by atoms with van der Waals surface area (Å²) >= 11 is 0. The van der Waals surface area contributed by atoms with E-state index in [4.69, 9.17) is 9.15 Å². The van der Waals surface area contributed by atoms with Gasteiger partial charge < -0.3 is 9.15 Å². The maximum Gasteiger partial charge on any atom is 0.433 e. The Hall–Kier alpha value is -3.48. The molecule has 0 amide bonds. The van der Waals surface area contributed by atoms with Crippen molar-refractivity contribution < 1.29 is 18.9 Å². The van der Waals surface area contributed by atoms with Crippen molar-refractivity contribution in [2.75, 3.05) is 0 Å². The summed E-state index contributed by atoms with van der Waals surface area (Å²) in [6, 6.07) is 11.7. The van der Waals surface area contributed by atoms with Gasteiger partial charge in [-0.2, -0.15) is 0 Å². The predicted octanol–water partition coefficient (Wildman–Crippen LogP) is 3.83. The fourth-order valence-corrected chi connectivity index (χ4v) is 2.16. The van der Waals surface area contributed by atoms with Crippen LogP contribution in [0.3, 0.4) is 0 Å². The van der Waals surface area contributed by atoms with Gasteiger partial charge in [0.25, 0.3) is 0 Å². The molecule has 0 atom stereocenters. The molecular formula is C17H12N2O5. The van der Waals surface area contributed by atoms with Crippen LogP contribution in [0.5, 0.6) is 5.75 Å². The van der Waals surface area contributed by atoms with Crippen LogP contribution in [0.1, 0.15) is 18.4 Å². The second-order valence-corrected chi connectivity index (χ2v) is 4.92. The number of benzene rings is 1. The molecule has 0 saturated carbocycles. The van der Waals surface area contributed by atoms with Crippen molar-refractivity contribution >= 4 is 34.9 Å². The standard InChI is InChI=1S/C17H12N2O5/c1-11(20)23-15-4-2-3-12-5-6-13(18-17(12)15)7-8-14-9-10-16(24-14)19(21)22/h2-10H,1H3. The lowest BCUT2D eigenvalue weighted by molar-refractivity contribution is -0.402. The Morgan fingerprint density at radius 2 is 2.04 bits per heavy atom. The minimum absolute atomic E-state index is 0.321. The summed E-state index contributed by atoms with van der Waals surface area (Å²) in [6.45, 7) is 1.33. The number of rotatable bonds is 4. The number of hydrogen-bond acceptors (Lipinski definition) is 6. The predicted molar refractivity (Wildman–Crippen MR) is 87.3 cm³/mol. The highest BCUT2D eigenvalue weighted by Crippen LogP contribution is 2.25. The third kappa shape index (κ3) is 3.30. The summed E-state index contributed by atoms with van der Waals surface area (Å²) in [5, 5.41) is 11.4. The highest BCUT2D eigenvalue weighted by atomic mass is 16.6. The van der Waals surface area contributed by atoms with Gasteiger partial charge in [-0.3, -0.25) is 14.9 Å². The molecule has 0 spiro atoms. The van der Waals surface area contributed by atoms with Crippen molar-refractivity contribution in [2.24, 2.45) is 0 Å². The van der Waals surface area contributed by atoms with Gasteiger partial charge in [0.15, 0.2) is 5.75 Å². The van der Waals surface area contributed by atoms with Gasteiger partial charge in [-0.25, -0.2) is 4.98 Å². The van der Waals surface area contributed by atoms with Crippen LogP contribution in [0.25, 0.3) is 23.1 Å². The summed E-state index contributed by atoms with van der Waals surface area (Å²) in [4.78, 5) is 25.6. The van der Waals surface area contributed by atoms with Crippen molar-refractivity contribution in [2.45, 2.75) is 6.92 Å². The number of pyridine rings is 1. The van der Waals surface area contributed by atoms with Crippen LogP contribution in [0.2, 0.25) is 0 Å². The Morgan fingerprint density at radius 1 is 1.21 bits per heavy atom. The van der Waals surface area contributed by atoms with Crippen LogP contribution in [0.15, 0.2) is 46.9 Å². The number of ether oxygens (including phenoxy) is 1. The van der Waals surface area contributed by atoms with E-state index in [0.717, 1.165) is 5.39 Å². The van der Waals surface area contributed by atoms with Gasteiger partial charge in [0.05, 0.1) is 11.8 Å². The second kappa shape index (κ2) is 6.33. The van der Waals surface area contributed by atoms with E-state index in [0.29, 0.717) is 22.7 Å². The molecule has 7 nitrogen and oxygen atoms in total. The van der Waals surface area contributed by atoms with Crippen LogP contribution in [-0.2, 0) is 4.79 Å². The number of fused-ring (bicyclic) bond motifs is 1. The lowest BCUT2D eigenvalue weighted by Gasteiger charge is -2.05. The molecule has 0 aliphatic rings. The number of nitro groups is 1. The van der Waals surface area contributed by atoms with Crippen molar-refractivity contribution in [1.82, 2.24) is 4.98 Å². The highest BCUT2D eigenvalue weighted by Gasteiger charge is 2.10. The maximum absolute atomic E-state index is 11.2. The molecule has 0 radical (unpaired) electrons. The van der Waals surface area contributed by atoms with Crippen molar-refractivity contribution in [1.29, 1.82) is 0 Å². The van der Waals surface area contributed by atoms with E-state index in [1.165, 1.54) is 19.1 Å². The molecule has 2 heterocycles. The van der Waals surface area contributed by atoms with Gasteiger partial charge in [-0.15, -0.1) is 0 Å². The molecule has 0 saturated heterocycles. The number of carbonyl (C=O) groups is 1. The van der Waals surface area contributed by atoms with E-state index in [1.807, 2.05) is 12.1 Å². The monoisotopic (exact) mass is 324 g/mol. The Labute approximate surface area is 136 Å². The van der Waals surface area contributed by atoms with Crippen LogP contribution < -0.4 is 4.74 Å². The molecule has 1 aromatic carbocycles. The first kappa shape index (κ1) is 15.4. The fraction of sp³-hybridized carbons (Fsp3) is 0.0588. The average molecular weight is 324 g/mol. The van der Waals surface area contributed by atoms with Gasteiger partial charge in [0, 0.05) is 12.3 Å². The summed E-state index contributed by atoms with van der Waals surface area (Å²) in [5.41, 5.74) is 1.15. The molecule has 24 heavy (non-hydrogen) atoms. The zero-order valence-corrected chi connectivity index (χ0v) is 12.6. The van der Waals surface area contributed by atoms with Gasteiger partial charge in [0.1, 0.15) is 16.2 Å². The van der Waals surface area contributed by atoms with E-state index in [9.17, 15) is 14.9 Å². The van der Waals surface area contributed by atoms with E-state index in [-0.39, 0.29) is 5.88 Å². The Bertz CT molecular complexity index is 959. The van der Waals surface area contributed by atoms with Crippen LogP contribution in [0.4, 0.5) is 5.88 Å². The summed E-state index contributed by atoms with van der Waals surface area (Å²) in [5.74, 6) is -0.0211. The molecule has 3 rings (SSSR count). The molecule has 0 aliphatic carbocycles. The van der Waals surface area contributed by atoms with Crippen LogP contribution >= 0.6 is 0 Å². The molecule has 7 heteroatoms. The largest absolute Gasteiger partial charge is 0.433 e. The molecule has 2 aromatic heterocycles. The molecule has 0 bridgehead atoms. The number of carbonyl (C=O) groups excluding carboxylic acids is 1. The SMILES string of the molecule is CC(=O)Oc1cccc2ccc(C=Cc3ccc([N+](=O)[O-])o3)nc12. The quantitative estimate of drug-likeness (QED) is 0.313.